The molecule has 0 radical (unpaired) electrons. The number of halogens is 2. The van der Waals surface area contributed by atoms with Gasteiger partial charge in [0, 0.05) is 35.6 Å². The largest absolute Gasteiger partial charge is 0.395 e. The third kappa shape index (κ3) is 2.82. The molecule has 1 saturated heterocycles. The maximum absolute atomic E-state index is 13.8. The Labute approximate surface area is 128 Å². The van der Waals surface area contributed by atoms with Crippen LogP contribution in [0.5, 0.6) is 0 Å². The molecule has 0 aromatic heterocycles. The number of hydrogen-bond acceptors (Lipinski definition) is 2. The molecule has 1 aliphatic heterocycles. The smallest absolute Gasteiger partial charge is 0.127 e. The summed E-state index contributed by atoms with van der Waals surface area (Å²) >= 11 is 5.92. The molecular formula is C17H17ClFNO. The van der Waals surface area contributed by atoms with Crippen LogP contribution in [-0.4, -0.2) is 29.7 Å². The molecule has 2 aromatic rings. The first-order valence-corrected chi connectivity index (χ1v) is 7.33. The first-order chi connectivity index (χ1) is 10.1. The van der Waals surface area contributed by atoms with E-state index in [1.807, 2.05) is 30.3 Å². The molecule has 0 atom stereocenters. The van der Waals surface area contributed by atoms with Crippen molar-refractivity contribution >= 4 is 11.6 Å². The summed E-state index contributed by atoms with van der Waals surface area (Å²) in [6, 6.07) is 14.6. The van der Waals surface area contributed by atoms with Crippen LogP contribution in [0.4, 0.5) is 4.39 Å². The van der Waals surface area contributed by atoms with Crippen molar-refractivity contribution in [2.24, 2.45) is 0 Å². The maximum Gasteiger partial charge on any atom is 0.127 e. The summed E-state index contributed by atoms with van der Waals surface area (Å²) in [5, 5.41) is 10.3. The van der Waals surface area contributed by atoms with Crippen molar-refractivity contribution in [2.75, 3.05) is 19.7 Å². The second kappa shape index (κ2) is 5.76. The second-order valence-corrected chi connectivity index (χ2v) is 6.12. The van der Waals surface area contributed by atoms with E-state index < -0.39 is 0 Å². The normalized spacial score (nSPS) is 17.5. The molecule has 1 heterocycles. The van der Waals surface area contributed by atoms with Gasteiger partial charge in [-0.05, 0) is 23.8 Å². The van der Waals surface area contributed by atoms with Gasteiger partial charge in [0.2, 0.25) is 0 Å². The number of rotatable bonds is 4. The molecular weight excluding hydrogens is 289 g/mol. The molecule has 0 bridgehead atoms. The number of aliphatic hydroxyl groups is 1. The zero-order valence-corrected chi connectivity index (χ0v) is 12.4. The zero-order valence-electron chi connectivity index (χ0n) is 11.6. The molecule has 0 saturated carbocycles. The van der Waals surface area contributed by atoms with E-state index in [9.17, 15) is 9.50 Å². The average Bonchev–Trinajstić information content (AvgIpc) is 2.47. The van der Waals surface area contributed by atoms with Gasteiger partial charge < -0.3 is 5.11 Å². The lowest BCUT2D eigenvalue weighted by atomic mass is 9.74. The van der Waals surface area contributed by atoms with Crippen molar-refractivity contribution in [3.8, 4) is 0 Å². The summed E-state index contributed by atoms with van der Waals surface area (Å²) in [5.41, 5.74) is 1.51. The number of likely N-dealkylation sites (tertiary alicyclic amines) is 1. The highest BCUT2D eigenvalue weighted by Gasteiger charge is 2.43. The molecule has 1 aliphatic rings. The van der Waals surface area contributed by atoms with Gasteiger partial charge in [0.25, 0.3) is 0 Å². The first kappa shape index (κ1) is 14.5. The Bertz CT molecular complexity index is 626. The molecule has 3 rings (SSSR count). The highest BCUT2D eigenvalue weighted by Crippen LogP contribution is 2.35. The van der Waals surface area contributed by atoms with Gasteiger partial charge in [-0.25, -0.2) is 4.39 Å². The van der Waals surface area contributed by atoms with Crippen LogP contribution in [0, 0.1) is 5.82 Å². The number of benzene rings is 2. The Morgan fingerprint density at radius 3 is 2.52 bits per heavy atom. The van der Waals surface area contributed by atoms with E-state index in [-0.39, 0.29) is 17.8 Å². The molecule has 1 N–H and O–H groups in total. The summed E-state index contributed by atoms with van der Waals surface area (Å²) in [7, 11) is 0. The number of aliphatic hydroxyl groups excluding tert-OH is 1. The summed E-state index contributed by atoms with van der Waals surface area (Å²) < 4.78 is 13.8. The lowest BCUT2D eigenvalue weighted by Gasteiger charge is -2.49. The average molecular weight is 306 g/mol. The fraction of sp³-hybridized carbons (Fsp3) is 0.294. The minimum Gasteiger partial charge on any atom is -0.395 e. The van der Waals surface area contributed by atoms with Crippen LogP contribution >= 0.6 is 11.6 Å². The van der Waals surface area contributed by atoms with Crippen molar-refractivity contribution in [3.63, 3.8) is 0 Å². The van der Waals surface area contributed by atoms with E-state index in [2.05, 4.69) is 4.90 Å². The van der Waals surface area contributed by atoms with Crippen molar-refractivity contribution in [1.29, 1.82) is 0 Å². The number of nitrogens with zero attached hydrogens (tertiary/aromatic N) is 1. The highest BCUT2D eigenvalue weighted by atomic mass is 35.5. The Morgan fingerprint density at radius 1 is 1.14 bits per heavy atom. The van der Waals surface area contributed by atoms with Gasteiger partial charge in [-0.1, -0.05) is 41.9 Å². The lowest BCUT2D eigenvalue weighted by molar-refractivity contribution is 0.0133. The third-order valence-electron chi connectivity index (χ3n) is 4.14. The summed E-state index contributed by atoms with van der Waals surface area (Å²) in [6.07, 6.45) is 0. The zero-order chi connectivity index (χ0) is 14.9. The van der Waals surface area contributed by atoms with Gasteiger partial charge in [0.05, 0.1) is 6.61 Å². The van der Waals surface area contributed by atoms with E-state index in [0.29, 0.717) is 17.1 Å². The molecule has 4 heteroatoms. The predicted molar refractivity (Wildman–Crippen MR) is 81.9 cm³/mol. The van der Waals surface area contributed by atoms with E-state index in [1.165, 1.54) is 6.07 Å². The summed E-state index contributed by atoms with van der Waals surface area (Å²) in [5.74, 6) is -0.236. The van der Waals surface area contributed by atoms with Gasteiger partial charge in [0.15, 0.2) is 0 Å². The van der Waals surface area contributed by atoms with Crippen molar-refractivity contribution in [2.45, 2.75) is 12.0 Å². The van der Waals surface area contributed by atoms with Gasteiger partial charge in [-0.3, -0.25) is 4.90 Å². The van der Waals surface area contributed by atoms with Gasteiger partial charge in [0.1, 0.15) is 5.82 Å². The molecule has 0 aliphatic carbocycles. The topological polar surface area (TPSA) is 23.5 Å². The van der Waals surface area contributed by atoms with Crippen molar-refractivity contribution < 1.29 is 9.50 Å². The monoisotopic (exact) mass is 305 g/mol. The van der Waals surface area contributed by atoms with Crippen LogP contribution in [0.1, 0.15) is 11.1 Å². The molecule has 1 fully saturated rings. The molecule has 2 nitrogen and oxygen atoms in total. The Hall–Kier alpha value is -1.42. The van der Waals surface area contributed by atoms with Crippen LogP contribution in [-0.2, 0) is 12.0 Å². The summed E-state index contributed by atoms with van der Waals surface area (Å²) in [6.45, 7) is 2.06. The standard InChI is InChI=1S/C17H17ClFNO/c18-15-6-7-16(19)13(8-15)9-20-10-17(11-20,12-21)14-4-2-1-3-5-14/h1-8,21H,9-12H2. The van der Waals surface area contributed by atoms with Crippen LogP contribution in [0.2, 0.25) is 5.02 Å². The van der Waals surface area contributed by atoms with Gasteiger partial charge in [-0.15, -0.1) is 0 Å². The Kier molecular flexibility index (Phi) is 3.98. The van der Waals surface area contributed by atoms with E-state index >= 15 is 0 Å². The highest BCUT2D eigenvalue weighted by molar-refractivity contribution is 6.30. The van der Waals surface area contributed by atoms with Crippen LogP contribution < -0.4 is 0 Å². The first-order valence-electron chi connectivity index (χ1n) is 6.96. The summed E-state index contributed by atoms with van der Waals surface area (Å²) in [4.78, 5) is 2.12. The lowest BCUT2D eigenvalue weighted by Crippen LogP contribution is -2.60. The van der Waals surface area contributed by atoms with E-state index in [0.717, 1.165) is 18.7 Å². The minimum absolute atomic E-state index is 0.103. The number of hydrogen-bond donors (Lipinski definition) is 1. The van der Waals surface area contributed by atoms with Gasteiger partial charge in [-0.2, -0.15) is 0 Å². The van der Waals surface area contributed by atoms with Crippen LogP contribution in [0.25, 0.3) is 0 Å². The predicted octanol–water partition coefficient (Wildman–Crippen LogP) is 3.23. The molecule has 2 aromatic carbocycles. The molecule has 0 amide bonds. The SMILES string of the molecule is OCC1(c2ccccc2)CN(Cc2cc(Cl)ccc2F)C1. The van der Waals surface area contributed by atoms with Crippen molar-refractivity contribution in [3.05, 3.63) is 70.5 Å². The maximum atomic E-state index is 13.8. The fourth-order valence-corrected chi connectivity index (χ4v) is 3.19. The van der Waals surface area contributed by atoms with E-state index in [1.54, 1.807) is 12.1 Å². The van der Waals surface area contributed by atoms with Crippen molar-refractivity contribution in [1.82, 2.24) is 4.90 Å². The molecule has 0 unspecified atom stereocenters. The van der Waals surface area contributed by atoms with Crippen LogP contribution in [0.3, 0.4) is 0 Å². The fourth-order valence-electron chi connectivity index (χ4n) is 2.99. The minimum atomic E-state index is -0.236. The molecule has 21 heavy (non-hydrogen) atoms. The van der Waals surface area contributed by atoms with E-state index in [4.69, 9.17) is 11.6 Å². The molecule has 0 spiro atoms. The molecule has 110 valence electrons. The second-order valence-electron chi connectivity index (χ2n) is 5.69. The third-order valence-corrected chi connectivity index (χ3v) is 4.38. The quantitative estimate of drug-likeness (QED) is 0.937. The Morgan fingerprint density at radius 2 is 1.86 bits per heavy atom. The van der Waals surface area contributed by atoms with Gasteiger partial charge >= 0.3 is 0 Å². The Balaban J connectivity index is 1.71. The van der Waals surface area contributed by atoms with Crippen LogP contribution in [0.15, 0.2) is 48.5 Å².